The molecule has 0 heterocycles. The van der Waals surface area contributed by atoms with Gasteiger partial charge >= 0.3 is 0 Å². The van der Waals surface area contributed by atoms with Crippen molar-refractivity contribution in [3.8, 4) is 5.75 Å². The fraction of sp³-hybridized carbons (Fsp3) is 0.417. The quantitative estimate of drug-likeness (QED) is 0.771. The molecule has 1 rings (SSSR count). The summed E-state index contributed by atoms with van der Waals surface area (Å²) >= 11 is 0. The lowest BCUT2D eigenvalue weighted by Crippen LogP contribution is -2.31. The Labute approximate surface area is 104 Å². The highest BCUT2D eigenvalue weighted by Crippen LogP contribution is 2.14. The molecule has 0 saturated carbocycles. The average Bonchev–Trinajstić information content (AvgIpc) is 2.35. The molecule has 0 radical (unpaired) electrons. The molecular formula is C12H16F2N2O2. The van der Waals surface area contributed by atoms with Crippen molar-refractivity contribution in [3.05, 3.63) is 29.8 Å². The number of nitrogens with one attached hydrogen (secondary N) is 2. The first-order valence-corrected chi connectivity index (χ1v) is 5.53. The lowest BCUT2D eigenvalue weighted by Gasteiger charge is -2.08. The molecule has 1 aromatic carbocycles. The third-order valence-electron chi connectivity index (χ3n) is 2.10. The number of carbonyl (C=O) groups is 1. The van der Waals surface area contributed by atoms with Gasteiger partial charge in [-0.1, -0.05) is 12.1 Å². The van der Waals surface area contributed by atoms with Crippen LogP contribution in [0, 0.1) is 0 Å². The summed E-state index contributed by atoms with van der Waals surface area (Å²) in [6.45, 7) is -0.0521. The van der Waals surface area contributed by atoms with E-state index >= 15 is 0 Å². The maximum atomic E-state index is 12.0. The van der Waals surface area contributed by atoms with E-state index in [1.165, 1.54) is 0 Å². The van der Waals surface area contributed by atoms with E-state index in [1.807, 2.05) is 0 Å². The van der Waals surface area contributed by atoms with Gasteiger partial charge in [0, 0.05) is 6.54 Å². The van der Waals surface area contributed by atoms with E-state index in [1.54, 1.807) is 31.3 Å². The number of amides is 1. The molecule has 0 fully saturated rings. The molecule has 0 unspecified atom stereocenters. The third kappa shape index (κ3) is 5.58. The molecule has 0 aliphatic rings. The summed E-state index contributed by atoms with van der Waals surface area (Å²) in [6, 6.07) is 6.71. The molecular weight excluding hydrogens is 242 g/mol. The standard InChI is InChI=1S/C12H16F2N2O2/c1-15-7-12(17)16-6-9-3-2-4-10(5-9)18-8-11(13)14/h2-5,11,15H,6-8H2,1H3,(H,16,17). The smallest absolute Gasteiger partial charge is 0.272 e. The van der Waals surface area contributed by atoms with Gasteiger partial charge in [-0.15, -0.1) is 0 Å². The number of alkyl halides is 2. The summed E-state index contributed by atoms with van der Waals surface area (Å²) in [5.74, 6) is 0.243. The van der Waals surface area contributed by atoms with E-state index in [-0.39, 0.29) is 12.5 Å². The van der Waals surface area contributed by atoms with Crippen molar-refractivity contribution in [2.75, 3.05) is 20.2 Å². The molecule has 1 aromatic rings. The number of hydrogen-bond donors (Lipinski definition) is 2. The summed E-state index contributed by atoms with van der Waals surface area (Å²) in [6.07, 6.45) is -2.50. The van der Waals surface area contributed by atoms with Crippen molar-refractivity contribution in [2.24, 2.45) is 0 Å². The Kier molecular flexibility index (Phi) is 6.07. The van der Waals surface area contributed by atoms with Crippen molar-refractivity contribution in [2.45, 2.75) is 13.0 Å². The molecule has 1 amide bonds. The fourth-order valence-electron chi connectivity index (χ4n) is 1.33. The summed E-state index contributed by atoms with van der Waals surface area (Å²) in [7, 11) is 1.68. The van der Waals surface area contributed by atoms with E-state index in [2.05, 4.69) is 10.6 Å². The van der Waals surface area contributed by atoms with Crippen LogP contribution in [-0.4, -0.2) is 32.5 Å². The lowest BCUT2D eigenvalue weighted by molar-refractivity contribution is -0.120. The molecule has 0 atom stereocenters. The Morgan fingerprint density at radius 2 is 2.22 bits per heavy atom. The van der Waals surface area contributed by atoms with Gasteiger partial charge in [-0.3, -0.25) is 4.79 Å². The van der Waals surface area contributed by atoms with E-state index < -0.39 is 13.0 Å². The molecule has 0 saturated heterocycles. The molecule has 18 heavy (non-hydrogen) atoms. The maximum absolute atomic E-state index is 12.0. The van der Waals surface area contributed by atoms with Gasteiger partial charge in [-0.25, -0.2) is 8.78 Å². The lowest BCUT2D eigenvalue weighted by atomic mass is 10.2. The van der Waals surface area contributed by atoms with Gasteiger partial charge in [0.15, 0.2) is 0 Å². The van der Waals surface area contributed by atoms with Crippen LogP contribution >= 0.6 is 0 Å². The zero-order valence-corrected chi connectivity index (χ0v) is 10.1. The van der Waals surface area contributed by atoms with Crippen molar-refractivity contribution in [3.63, 3.8) is 0 Å². The molecule has 0 spiro atoms. The monoisotopic (exact) mass is 258 g/mol. The van der Waals surface area contributed by atoms with Crippen LogP contribution < -0.4 is 15.4 Å². The normalized spacial score (nSPS) is 10.4. The molecule has 100 valence electrons. The minimum absolute atomic E-state index is 0.128. The summed E-state index contributed by atoms with van der Waals surface area (Å²) in [4.78, 5) is 11.2. The van der Waals surface area contributed by atoms with Crippen LogP contribution in [0.1, 0.15) is 5.56 Å². The molecule has 0 bridgehead atoms. The Morgan fingerprint density at radius 1 is 1.44 bits per heavy atom. The van der Waals surface area contributed by atoms with E-state index in [0.29, 0.717) is 12.3 Å². The van der Waals surface area contributed by atoms with Crippen molar-refractivity contribution in [1.29, 1.82) is 0 Å². The van der Waals surface area contributed by atoms with E-state index in [0.717, 1.165) is 5.56 Å². The summed E-state index contributed by atoms with van der Waals surface area (Å²) < 4.78 is 28.8. The first-order chi connectivity index (χ1) is 8.61. The molecule has 0 aliphatic carbocycles. The van der Waals surface area contributed by atoms with Crippen LogP contribution in [0.3, 0.4) is 0 Å². The Bertz CT molecular complexity index is 386. The summed E-state index contributed by atoms with van der Waals surface area (Å²) in [5, 5.41) is 5.41. The van der Waals surface area contributed by atoms with Gasteiger partial charge < -0.3 is 15.4 Å². The first kappa shape index (κ1) is 14.4. The van der Waals surface area contributed by atoms with Gasteiger partial charge in [-0.2, -0.15) is 0 Å². The van der Waals surface area contributed by atoms with Crippen LogP contribution in [0.25, 0.3) is 0 Å². The van der Waals surface area contributed by atoms with Crippen LogP contribution in [-0.2, 0) is 11.3 Å². The van der Waals surface area contributed by atoms with Crippen LogP contribution in [0.15, 0.2) is 24.3 Å². The minimum Gasteiger partial charge on any atom is -0.488 e. The van der Waals surface area contributed by atoms with E-state index in [9.17, 15) is 13.6 Å². The second kappa shape index (κ2) is 7.60. The predicted molar refractivity (Wildman–Crippen MR) is 63.7 cm³/mol. The average molecular weight is 258 g/mol. The minimum atomic E-state index is -2.50. The van der Waals surface area contributed by atoms with Gasteiger partial charge in [0.25, 0.3) is 6.43 Å². The van der Waals surface area contributed by atoms with Crippen LogP contribution in [0.4, 0.5) is 8.78 Å². The number of hydrogen-bond acceptors (Lipinski definition) is 3. The van der Waals surface area contributed by atoms with Crippen molar-refractivity contribution in [1.82, 2.24) is 10.6 Å². The molecule has 0 aliphatic heterocycles. The zero-order valence-electron chi connectivity index (χ0n) is 10.1. The van der Waals surface area contributed by atoms with Gasteiger partial charge in [0.1, 0.15) is 12.4 Å². The second-order valence-corrected chi connectivity index (χ2v) is 3.66. The predicted octanol–water partition coefficient (Wildman–Crippen LogP) is 1.17. The highest BCUT2D eigenvalue weighted by atomic mass is 19.3. The Hall–Kier alpha value is -1.69. The maximum Gasteiger partial charge on any atom is 0.272 e. The third-order valence-corrected chi connectivity index (χ3v) is 2.10. The SMILES string of the molecule is CNCC(=O)NCc1cccc(OCC(F)F)c1. The van der Waals surface area contributed by atoms with Crippen LogP contribution in [0.5, 0.6) is 5.75 Å². The van der Waals surface area contributed by atoms with Gasteiger partial charge in [0.2, 0.25) is 5.91 Å². The molecule has 4 nitrogen and oxygen atoms in total. The number of rotatable bonds is 7. The highest BCUT2D eigenvalue weighted by molar-refractivity contribution is 5.77. The van der Waals surface area contributed by atoms with Gasteiger partial charge in [-0.05, 0) is 24.7 Å². The largest absolute Gasteiger partial charge is 0.488 e. The topological polar surface area (TPSA) is 50.4 Å². The number of ether oxygens (including phenoxy) is 1. The second-order valence-electron chi connectivity index (χ2n) is 3.66. The van der Waals surface area contributed by atoms with Gasteiger partial charge in [0.05, 0.1) is 6.54 Å². The number of benzene rings is 1. The van der Waals surface area contributed by atoms with E-state index in [4.69, 9.17) is 4.74 Å². The molecule has 2 N–H and O–H groups in total. The van der Waals surface area contributed by atoms with Crippen molar-refractivity contribution >= 4 is 5.91 Å². The van der Waals surface area contributed by atoms with Crippen LogP contribution in [0.2, 0.25) is 0 Å². The highest BCUT2D eigenvalue weighted by Gasteiger charge is 2.04. The number of halogens is 2. The Balaban J connectivity index is 2.46. The fourth-order valence-corrected chi connectivity index (χ4v) is 1.33. The molecule has 0 aromatic heterocycles. The Morgan fingerprint density at radius 3 is 2.89 bits per heavy atom. The summed E-state index contributed by atoms with van der Waals surface area (Å²) in [5.41, 5.74) is 0.797. The van der Waals surface area contributed by atoms with Crippen molar-refractivity contribution < 1.29 is 18.3 Å². The number of likely N-dealkylation sites (N-methyl/N-ethyl adjacent to an activating group) is 1. The first-order valence-electron chi connectivity index (χ1n) is 5.53. The molecule has 6 heteroatoms. The number of carbonyl (C=O) groups excluding carboxylic acids is 1. The zero-order chi connectivity index (χ0) is 13.4.